The van der Waals surface area contributed by atoms with Gasteiger partial charge in [-0.3, -0.25) is 4.79 Å². The van der Waals surface area contributed by atoms with Gasteiger partial charge in [-0.2, -0.15) is 0 Å². The van der Waals surface area contributed by atoms with E-state index >= 15 is 0 Å². The van der Waals surface area contributed by atoms with Gasteiger partial charge >= 0.3 is 5.97 Å². The van der Waals surface area contributed by atoms with Crippen LogP contribution >= 0.6 is 0 Å². The lowest BCUT2D eigenvalue weighted by Gasteiger charge is -2.50. The molecule has 0 aliphatic carbocycles. The summed E-state index contributed by atoms with van der Waals surface area (Å²) in [6.07, 6.45) is 2.16. The molecule has 0 bridgehead atoms. The summed E-state index contributed by atoms with van der Waals surface area (Å²) < 4.78 is 0. The Bertz CT molecular complexity index is 306. The van der Waals surface area contributed by atoms with Crippen LogP contribution in [0.25, 0.3) is 0 Å². The second kappa shape index (κ2) is 4.07. The quantitative estimate of drug-likeness (QED) is 0.785. The second-order valence-electron chi connectivity index (χ2n) is 5.44. The maximum atomic E-state index is 12.0. The minimum Gasteiger partial charge on any atom is -0.479 e. The SMILES string of the molecule is CC[C@@]1(C(=O)O)CCCC(=O)N1C(C)(C)C. The molecular formula is C12H21NO3. The van der Waals surface area contributed by atoms with Crippen LogP contribution in [-0.4, -0.2) is 33.0 Å². The molecule has 1 aliphatic heterocycles. The molecule has 1 amide bonds. The Balaban J connectivity index is 3.22. The minimum absolute atomic E-state index is 0.0389. The van der Waals surface area contributed by atoms with Crippen LogP contribution in [0.4, 0.5) is 0 Å². The van der Waals surface area contributed by atoms with Crippen molar-refractivity contribution in [2.45, 2.75) is 64.5 Å². The number of carbonyl (C=O) groups is 2. The molecule has 1 rings (SSSR count). The number of piperidine rings is 1. The normalized spacial score (nSPS) is 27.0. The number of hydrogen-bond acceptors (Lipinski definition) is 2. The highest BCUT2D eigenvalue weighted by Crippen LogP contribution is 2.37. The lowest BCUT2D eigenvalue weighted by atomic mass is 9.80. The summed E-state index contributed by atoms with van der Waals surface area (Å²) in [6.45, 7) is 7.52. The Kier molecular flexibility index (Phi) is 3.31. The van der Waals surface area contributed by atoms with Crippen LogP contribution in [0, 0.1) is 0 Å². The first-order valence-corrected chi connectivity index (χ1v) is 5.82. The van der Waals surface area contributed by atoms with Gasteiger partial charge in [-0.25, -0.2) is 4.79 Å². The molecule has 0 radical (unpaired) electrons. The summed E-state index contributed by atoms with van der Waals surface area (Å²) in [5, 5.41) is 9.45. The van der Waals surface area contributed by atoms with Crippen LogP contribution in [0.5, 0.6) is 0 Å². The second-order valence-corrected chi connectivity index (χ2v) is 5.44. The van der Waals surface area contributed by atoms with Crippen molar-refractivity contribution in [3.05, 3.63) is 0 Å². The van der Waals surface area contributed by atoms with E-state index < -0.39 is 17.0 Å². The molecule has 4 heteroatoms. The average molecular weight is 227 g/mol. The van der Waals surface area contributed by atoms with Crippen LogP contribution in [0.1, 0.15) is 53.4 Å². The fraction of sp³-hybridized carbons (Fsp3) is 0.833. The van der Waals surface area contributed by atoms with Crippen LogP contribution in [0.15, 0.2) is 0 Å². The lowest BCUT2D eigenvalue weighted by Crippen LogP contribution is -2.65. The summed E-state index contributed by atoms with van der Waals surface area (Å²) in [5.41, 5.74) is -1.44. The third kappa shape index (κ3) is 1.93. The molecule has 1 saturated heterocycles. The van der Waals surface area contributed by atoms with Crippen molar-refractivity contribution in [2.24, 2.45) is 0 Å². The molecule has 1 N–H and O–H groups in total. The van der Waals surface area contributed by atoms with E-state index in [4.69, 9.17) is 0 Å². The van der Waals surface area contributed by atoms with Crippen LogP contribution in [0.2, 0.25) is 0 Å². The summed E-state index contributed by atoms with van der Waals surface area (Å²) in [5.74, 6) is -0.916. The molecule has 0 spiro atoms. The highest BCUT2D eigenvalue weighted by Gasteiger charge is 2.51. The number of amides is 1. The fourth-order valence-corrected chi connectivity index (χ4v) is 2.70. The molecule has 0 saturated carbocycles. The predicted octanol–water partition coefficient (Wildman–Crippen LogP) is 2.03. The number of hydrogen-bond donors (Lipinski definition) is 1. The van der Waals surface area contributed by atoms with Gasteiger partial charge in [0, 0.05) is 12.0 Å². The predicted molar refractivity (Wildman–Crippen MR) is 61.1 cm³/mol. The van der Waals surface area contributed by atoms with Crippen molar-refractivity contribution >= 4 is 11.9 Å². The molecular weight excluding hydrogens is 206 g/mol. The third-order valence-corrected chi connectivity index (χ3v) is 3.31. The Hall–Kier alpha value is -1.06. The van der Waals surface area contributed by atoms with E-state index in [0.29, 0.717) is 25.7 Å². The van der Waals surface area contributed by atoms with Gasteiger partial charge in [-0.15, -0.1) is 0 Å². The van der Waals surface area contributed by atoms with E-state index in [1.165, 1.54) is 0 Å². The molecule has 4 nitrogen and oxygen atoms in total. The van der Waals surface area contributed by atoms with Gasteiger partial charge in [0.25, 0.3) is 0 Å². The number of nitrogens with zero attached hydrogens (tertiary/aromatic N) is 1. The van der Waals surface area contributed by atoms with Crippen molar-refractivity contribution in [2.75, 3.05) is 0 Å². The molecule has 0 aromatic carbocycles. The van der Waals surface area contributed by atoms with Gasteiger partial charge in [0.1, 0.15) is 5.54 Å². The topological polar surface area (TPSA) is 57.6 Å². The molecule has 92 valence electrons. The molecule has 0 unspecified atom stereocenters. The van der Waals surface area contributed by atoms with Gasteiger partial charge in [0.05, 0.1) is 0 Å². The smallest absolute Gasteiger partial charge is 0.329 e. The van der Waals surface area contributed by atoms with Crippen molar-refractivity contribution in [1.82, 2.24) is 4.90 Å². The maximum absolute atomic E-state index is 12.0. The first-order valence-electron chi connectivity index (χ1n) is 5.82. The van der Waals surface area contributed by atoms with E-state index in [-0.39, 0.29) is 5.91 Å². The molecule has 1 fully saturated rings. The molecule has 0 aromatic heterocycles. The van der Waals surface area contributed by atoms with E-state index in [1.54, 1.807) is 4.90 Å². The van der Waals surface area contributed by atoms with Crippen LogP contribution < -0.4 is 0 Å². The van der Waals surface area contributed by atoms with E-state index in [1.807, 2.05) is 27.7 Å². The molecule has 1 aliphatic rings. The van der Waals surface area contributed by atoms with Crippen LogP contribution in [0.3, 0.4) is 0 Å². The monoisotopic (exact) mass is 227 g/mol. The molecule has 16 heavy (non-hydrogen) atoms. The largest absolute Gasteiger partial charge is 0.479 e. The summed E-state index contributed by atoms with van der Waals surface area (Å²) in [6, 6.07) is 0. The Morgan fingerprint density at radius 3 is 2.38 bits per heavy atom. The number of likely N-dealkylation sites (tertiary alicyclic amines) is 1. The van der Waals surface area contributed by atoms with Gasteiger partial charge in [0.15, 0.2) is 0 Å². The van der Waals surface area contributed by atoms with Gasteiger partial charge < -0.3 is 10.0 Å². The van der Waals surface area contributed by atoms with E-state index in [0.717, 1.165) is 0 Å². The molecule has 1 atom stereocenters. The lowest BCUT2D eigenvalue weighted by molar-refractivity contribution is -0.171. The van der Waals surface area contributed by atoms with Gasteiger partial charge in [-0.05, 0) is 40.0 Å². The van der Waals surface area contributed by atoms with E-state index in [9.17, 15) is 14.7 Å². The third-order valence-electron chi connectivity index (χ3n) is 3.31. The first-order chi connectivity index (χ1) is 7.25. The highest BCUT2D eigenvalue weighted by atomic mass is 16.4. The van der Waals surface area contributed by atoms with Crippen LogP contribution in [-0.2, 0) is 9.59 Å². The number of carboxylic acids is 1. The van der Waals surface area contributed by atoms with Crippen molar-refractivity contribution in [1.29, 1.82) is 0 Å². The van der Waals surface area contributed by atoms with Crippen molar-refractivity contribution in [3.63, 3.8) is 0 Å². The molecule has 1 heterocycles. The Morgan fingerprint density at radius 1 is 1.50 bits per heavy atom. The maximum Gasteiger partial charge on any atom is 0.329 e. The Labute approximate surface area is 96.6 Å². The number of carboxylic acid groups (broad SMARTS) is 1. The number of carbonyl (C=O) groups excluding carboxylic acids is 1. The fourth-order valence-electron chi connectivity index (χ4n) is 2.70. The summed E-state index contributed by atoms with van der Waals surface area (Å²) in [7, 11) is 0. The van der Waals surface area contributed by atoms with Crippen molar-refractivity contribution < 1.29 is 14.7 Å². The zero-order valence-electron chi connectivity index (χ0n) is 10.5. The van der Waals surface area contributed by atoms with Gasteiger partial charge in [0.2, 0.25) is 5.91 Å². The van der Waals surface area contributed by atoms with Crippen molar-refractivity contribution in [3.8, 4) is 0 Å². The number of rotatable bonds is 2. The highest BCUT2D eigenvalue weighted by molar-refractivity contribution is 5.89. The standard InChI is InChI=1S/C12H21NO3/c1-5-12(10(15)16)8-6-7-9(14)13(12)11(2,3)4/h5-8H2,1-4H3,(H,15,16)/t12-/m0/s1. The molecule has 0 aromatic rings. The zero-order chi connectivity index (χ0) is 12.6. The first kappa shape index (κ1) is 13.0. The zero-order valence-corrected chi connectivity index (χ0v) is 10.5. The number of aliphatic carboxylic acids is 1. The minimum atomic E-state index is -1.01. The summed E-state index contributed by atoms with van der Waals surface area (Å²) in [4.78, 5) is 25.1. The Morgan fingerprint density at radius 2 is 2.06 bits per heavy atom. The van der Waals surface area contributed by atoms with Gasteiger partial charge in [-0.1, -0.05) is 6.92 Å². The average Bonchev–Trinajstić information content (AvgIpc) is 2.14. The van der Waals surface area contributed by atoms with E-state index in [2.05, 4.69) is 0 Å². The summed E-state index contributed by atoms with van der Waals surface area (Å²) >= 11 is 0.